The molecule has 3 heteroatoms. The summed E-state index contributed by atoms with van der Waals surface area (Å²) in [5.41, 5.74) is 2.37. The summed E-state index contributed by atoms with van der Waals surface area (Å²) < 4.78 is 0. The quantitative estimate of drug-likeness (QED) is 0.550. The summed E-state index contributed by atoms with van der Waals surface area (Å²) in [4.78, 5) is 20.2. The molecule has 0 fully saturated rings. The summed E-state index contributed by atoms with van der Waals surface area (Å²) in [5, 5.41) is 0. The van der Waals surface area contributed by atoms with Gasteiger partial charge in [0.15, 0.2) is 0 Å². The Kier molecular flexibility index (Phi) is 4.84. The first-order valence-corrected chi connectivity index (χ1v) is 5.11. The van der Waals surface area contributed by atoms with E-state index in [1.807, 2.05) is 31.2 Å². The molecule has 0 atom stereocenters. The molecule has 0 spiro atoms. The lowest BCUT2D eigenvalue weighted by molar-refractivity contribution is -0.269. The summed E-state index contributed by atoms with van der Waals surface area (Å²) in [6, 6.07) is 8.00. The molecule has 0 N–H and O–H groups in total. The lowest BCUT2D eigenvalue weighted by Gasteiger charge is -2.04. The Hall–Kier alpha value is -1.35. The van der Waals surface area contributed by atoms with Crippen LogP contribution >= 0.6 is 0 Å². The molecular formula is C12H16O3. The minimum atomic E-state index is -0.319. The Morgan fingerprint density at radius 2 is 2.07 bits per heavy atom. The average Bonchev–Trinajstić information content (AvgIpc) is 2.25. The van der Waals surface area contributed by atoms with Gasteiger partial charge in [-0.2, -0.15) is 4.89 Å². The molecule has 15 heavy (non-hydrogen) atoms. The highest BCUT2D eigenvalue weighted by Gasteiger charge is 2.05. The van der Waals surface area contributed by atoms with Gasteiger partial charge in [-0.1, -0.05) is 24.3 Å². The molecule has 0 saturated heterocycles. The Morgan fingerprint density at radius 3 is 2.73 bits per heavy atom. The molecule has 1 aromatic rings. The zero-order valence-corrected chi connectivity index (χ0v) is 9.16. The van der Waals surface area contributed by atoms with E-state index in [1.165, 1.54) is 11.1 Å². The van der Waals surface area contributed by atoms with Crippen LogP contribution in [0.4, 0.5) is 0 Å². The Morgan fingerprint density at radius 1 is 1.33 bits per heavy atom. The van der Waals surface area contributed by atoms with Crippen molar-refractivity contribution in [3.63, 3.8) is 0 Å². The van der Waals surface area contributed by atoms with Crippen LogP contribution in [0.25, 0.3) is 0 Å². The third-order valence-corrected chi connectivity index (χ3v) is 2.13. The molecule has 82 valence electrons. The van der Waals surface area contributed by atoms with Crippen molar-refractivity contribution in [3.8, 4) is 0 Å². The minimum Gasteiger partial charge on any atom is -0.298 e. The molecule has 0 aliphatic carbocycles. The fourth-order valence-electron chi connectivity index (χ4n) is 1.29. The van der Waals surface area contributed by atoms with Crippen molar-refractivity contribution < 1.29 is 14.6 Å². The summed E-state index contributed by atoms with van der Waals surface area (Å²) in [5.74, 6) is -0.319. The molecule has 0 aromatic heterocycles. The SMILES string of the molecule is CCOOC(=O)CCc1ccccc1C. The third kappa shape index (κ3) is 4.13. The lowest BCUT2D eigenvalue weighted by Crippen LogP contribution is -2.06. The third-order valence-electron chi connectivity index (χ3n) is 2.13. The van der Waals surface area contributed by atoms with Gasteiger partial charge in [0.2, 0.25) is 0 Å². The Balaban J connectivity index is 2.37. The van der Waals surface area contributed by atoms with Gasteiger partial charge in [-0.15, -0.1) is 0 Å². The predicted molar refractivity (Wildman–Crippen MR) is 57.2 cm³/mol. The van der Waals surface area contributed by atoms with E-state index in [0.717, 1.165) is 0 Å². The van der Waals surface area contributed by atoms with E-state index in [-0.39, 0.29) is 5.97 Å². The molecule has 3 nitrogen and oxygen atoms in total. The van der Waals surface area contributed by atoms with Gasteiger partial charge in [-0.25, -0.2) is 4.79 Å². The minimum absolute atomic E-state index is 0.319. The second kappa shape index (κ2) is 6.19. The highest BCUT2D eigenvalue weighted by molar-refractivity contribution is 5.69. The van der Waals surface area contributed by atoms with Crippen LogP contribution in [0.3, 0.4) is 0 Å². The molecule has 0 radical (unpaired) electrons. The first-order valence-electron chi connectivity index (χ1n) is 5.11. The van der Waals surface area contributed by atoms with Gasteiger partial charge < -0.3 is 0 Å². The summed E-state index contributed by atoms with van der Waals surface area (Å²) in [7, 11) is 0. The van der Waals surface area contributed by atoms with Crippen LogP contribution in [0.2, 0.25) is 0 Å². The van der Waals surface area contributed by atoms with Crippen molar-refractivity contribution in [2.24, 2.45) is 0 Å². The van der Waals surface area contributed by atoms with E-state index in [4.69, 9.17) is 0 Å². The molecule has 1 aromatic carbocycles. The van der Waals surface area contributed by atoms with Crippen molar-refractivity contribution in [2.75, 3.05) is 6.61 Å². The average molecular weight is 208 g/mol. The van der Waals surface area contributed by atoms with Crippen LogP contribution < -0.4 is 0 Å². The molecule has 0 amide bonds. The predicted octanol–water partition coefficient (Wildman–Crippen LogP) is 2.42. The smallest absolute Gasteiger partial charge is 0.298 e. The first kappa shape index (κ1) is 11.7. The molecule has 0 saturated carbocycles. The van der Waals surface area contributed by atoms with E-state index in [9.17, 15) is 4.79 Å². The number of carbonyl (C=O) groups is 1. The molecule has 0 aliphatic heterocycles. The first-order chi connectivity index (χ1) is 7.24. The van der Waals surface area contributed by atoms with Gasteiger partial charge in [0, 0.05) is 0 Å². The van der Waals surface area contributed by atoms with Crippen LogP contribution in [-0.2, 0) is 21.0 Å². The Bertz CT molecular complexity index is 320. The summed E-state index contributed by atoms with van der Waals surface area (Å²) in [6.07, 6.45) is 1.05. The maximum Gasteiger partial charge on any atom is 0.342 e. The topological polar surface area (TPSA) is 35.5 Å². The standard InChI is InChI=1S/C12H16O3/c1-3-14-15-12(13)9-8-11-7-5-4-6-10(11)2/h4-7H,3,8-9H2,1-2H3. The highest BCUT2D eigenvalue weighted by atomic mass is 17.2. The van der Waals surface area contributed by atoms with Crippen molar-refractivity contribution >= 4 is 5.97 Å². The van der Waals surface area contributed by atoms with Crippen molar-refractivity contribution in [1.29, 1.82) is 0 Å². The number of carbonyl (C=O) groups excluding carboxylic acids is 1. The van der Waals surface area contributed by atoms with Crippen molar-refractivity contribution in [1.82, 2.24) is 0 Å². The molecule has 0 bridgehead atoms. The van der Waals surface area contributed by atoms with Gasteiger partial charge in [-0.3, -0.25) is 4.89 Å². The molecular weight excluding hydrogens is 192 g/mol. The molecule has 0 unspecified atom stereocenters. The van der Waals surface area contributed by atoms with E-state index >= 15 is 0 Å². The number of hydrogen-bond acceptors (Lipinski definition) is 3. The van der Waals surface area contributed by atoms with Gasteiger partial charge in [0.05, 0.1) is 13.0 Å². The van der Waals surface area contributed by atoms with Crippen LogP contribution in [0.15, 0.2) is 24.3 Å². The van der Waals surface area contributed by atoms with Crippen LogP contribution in [0.1, 0.15) is 24.5 Å². The fourth-order valence-corrected chi connectivity index (χ4v) is 1.29. The van der Waals surface area contributed by atoms with Crippen LogP contribution in [0.5, 0.6) is 0 Å². The molecule has 1 rings (SSSR count). The van der Waals surface area contributed by atoms with Crippen molar-refractivity contribution in [3.05, 3.63) is 35.4 Å². The largest absolute Gasteiger partial charge is 0.342 e. The number of hydrogen-bond donors (Lipinski definition) is 0. The number of rotatable bonds is 5. The summed E-state index contributed by atoms with van der Waals surface area (Å²) in [6.45, 7) is 4.19. The van der Waals surface area contributed by atoms with Crippen LogP contribution in [-0.4, -0.2) is 12.6 Å². The molecule has 0 heterocycles. The summed E-state index contributed by atoms with van der Waals surface area (Å²) >= 11 is 0. The zero-order valence-electron chi connectivity index (χ0n) is 9.16. The highest BCUT2D eigenvalue weighted by Crippen LogP contribution is 2.09. The maximum atomic E-state index is 11.1. The zero-order chi connectivity index (χ0) is 11.1. The van der Waals surface area contributed by atoms with Crippen LogP contribution in [0, 0.1) is 6.92 Å². The monoisotopic (exact) mass is 208 g/mol. The van der Waals surface area contributed by atoms with Gasteiger partial charge in [0.1, 0.15) is 0 Å². The Labute approximate surface area is 89.9 Å². The van der Waals surface area contributed by atoms with E-state index in [1.54, 1.807) is 6.92 Å². The van der Waals surface area contributed by atoms with Gasteiger partial charge in [0.25, 0.3) is 0 Å². The van der Waals surface area contributed by atoms with Gasteiger partial charge in [-0.05, 0) is 31.4 Å². The second-order valence-corrected chi connectivity index (χ2v) is 3.29. The second-order valence-electron chi connectivity index (χ2n) is 3.29. The van der Waals surface area contributed by atoms with Gasteiger partial charge >= 0.3 is 5.97 Å². The van der Waals surface area contributed by atoms with Crippen molar-refractivity contribution in [2.45, 2.75) is 26.7 Å². The molecule has 0 aliphatic rings. The maximum absolute atomic E-state index is 11.1. The van der Waals surface area contributed by atoms with E-state index in [2.05, 4.69) is 9.78 Å². The van der Waals surface area contributed by atoms with E-state index in [0.29, 0.717) is 19.4 Å². The normalized spacial score (nSPS) is 10.0. The number of aryl methyl sites for hydroxylation is 2. The van der Waals surface area contributed by atoms with E-state index < -0.39 is 0 Å². The number of benzene rings is 1. The fraction of sp³-hybridized carbons (Fsp3) is 0.417. The lowest BCUT2D eigenvalue weighted by atomic mass is 10.0.